The first-order chi connectivity index (χ1) is 11.7. The summed E-state index contributed by atoms with van der Waals surface area (Å²) in [5.41, 5.74) is 2.17. The summed E-state index contributed by atoms with van der Waals surface area (Å²) in [5.74, 6) is 3.65. The lowest BCUT2D eigenvalue weighted by Crippen LogP contribution is -2.24. The second kappa shape index (κ2) is 7.07. The van der Waals surface area contributed by atoms with Gasteiger partial charge in [0.1, 0.15) is 23.1 Å². The van der Waals surface area contributed by atoms with Gasteiger partial charge in [-0.25, -0.2) is 9.97 Å². The normalized spacial score (nSPS) is 17.2. The van der Waals surface area contributed by atoms with Gasteiger partial charge in [0, 0.05) is 30.3 Å². The first kappa shape index (κ1) is 16.6. The maximum Gasteiger partial charge on any atom is 0.133 e. The van der Waals surface area contributed by atoms with Crippen LogP contribution >= 0.6 is 0 Å². The highest BCUT2D eigenvalue weighted by Gasteiger charge is 2.30. The van der Waals surface area contributed by atoms with Gasteiger partial charge >= 0.3 is 0 Å². The van der Waals surface area contributed by atoms with E-state index in [1.165, 1.54) is 0 Å². The SMILES string of the molecule is CCc1nc(C)cc(N2CCC[C@H]2c2cc(OC)ccc2OC)n1. The van der Waals surface area contributed by atoms with E-state index in [1.54, 1.807) is 14.2 Å². The maximum absolute atomic E-state index is 5.60. The Bertz CT molecular complexity index is 718. The number of methoxy groups -OCH3 is 2. The topological polar surface area (TPSA) is 47.5 Å². The van der Waals surface area contributed by atoms with Crippen molar-refractivity contribution in [1.29, 1.82) is 0 Å². The van der Waals surface area contributed by atoms with Crippen LogP contribution < -0.4 is 14.4 Å². The second-order valence-electron chi connectivity index (χ2n) is 6.10. The molecule has 0 saturated carbocycles. The quantitative estimate of drug-likeness (QED) is 0.838. The summed E-state index contributed by atoms with van der Waals surface area (Å²) in [6.45, 7) is 5.11. The summed E-state index contributed by atoms with van der Waals surface area (Å²) in [6, 6.07) is 8.31. The third-order valence-electron chi connectivity index (χ3n) is 4.55. The molecule has 0 amide bonds. The highest BCUT2D eigenvalue weighted by Crippen LogP contribution is 2.40. The Labute approximate surface area is 143 Å². The number of nitrogens with zero attached hydrogens (tertiary/aromatic N) is 3. The van der Waals surface area contributed by atoms with Crippen LogP contribution in [-0.2, 0) is 6.42 Å². The molecule has 1 saturated heterocycles. The van der Waals surface area contributed by atoms with Crippen molar-refractivity contribution in [2.45, 2.75) is 39.2 Å². The largest absolute Gasteiger partial charge is 0.497 e. The molecule has 0 N–H and O–H groups in total. The molecule has 1 aliphatic heterocycles. The molecule has 1 atom stereocenters. The third kappa shape index (κ3) is 3.16. The number of benzene rings is 1. The Morgan fingerprint density at radius 3 is 2.71 bits per heavy atom. The molecule has 1 aliphatic rings. The molecule has 0 bridgehead atoms. The van der Waals surface area contributed by atoms with Crippen molar-refractivity contribution in [3.8, 4) is 11.5 Å². The molecular formula is C19H25N3O2. The molecule has 2 aromatic rings. The highest BCUT2D eigenvalue weighted by molar-refractivity contribution is 5.50. The van der Waals surface area contributed by atoms with Crippen molar-refractivity contribution >= 4 is 5.82 Å². The molecule has 1 fully saturated rings. The van der Waals surface area contributed by atoms with Crippen LogP contribution in [0.15, 0.2) is 24.3 Å². The van der Waals surface area contributed by atoms with E-state index in [2.05, 4.69) is 28.9 Å². The van der Waals surface area contributed by atoms with Gasteiger partial charge in [-0.1, -0.05) is 6.92 Å². The predicted octanol–water partition coefficient (Wildman–Crippen LogP) is 3.71. The minimum atomic E-state index is 0.244. The smallest absolute Gasteiger partial charge is 0.133 e. The molecule has 24 heavy (non-hydrogen) atoms. The van der Waals surface area contributed by atoms with E-state index < -0.39 is 0 Å². The lowest BCUT2D eigenvalue weighted by Gasteiger charge is -2.28. The van der Waals surface area contributed by atoms with E-state index in [1.807, 2.05) is 19.1 Å². The lowest BCUT2D eigenvalue weighted by molar-refractivity contribution is 0.395. The van der Waals surface area contributed by atoms with Crippen LogP contribution in [0.5, 0.6) is 11.5 Å². The Balaban J connectivity index is 2.01. The number of hydrogen-bond acceptors (Lipinski definition) is 5. The Kier molecular flexibility index (Phi) is 4.88. The van der Waals surface area contributed by atoms with Gasteiger partial charge in [-0.05, 0) is 38.0 Å². The predicted molar refractivity (Wildman–Crippen MR) is 95.0 cm³/mol. The fourth-order valence-electron chi connectivity index (χ4n) is 3.38. The molecule has 0 aliphatic carbocycles. The molecule has 3 rings (SSSR count). The van der Waals surface area contributed by atoms with Gasteiger partial charge in [0.15, 0.2) is 0 Å². The van der Waals surface area contributed by atoms with E-state index in [-0.39, 0.29) is 6.04 Å². The minimum Gasteiger partial charge on any atom is -0.497 e. The summed E-state index contributed by atoms with van der Waals surface area (Å²) < 4.78 is 11.0. The first-order valence-electron chi connectivity index (χ1n) is 8.49. The number of aryl methyl sites for hydroxylation is 2. The zero-order valence-corrected chi connectivity index (χ0v) is 14.9. The van der Waals surface area contributed by atoms with Gasteiger partial charge in [-0.2, -0.15) is 0 Å². The Hall–Kier alpha value is -2.30. The molecule has 0 spiro atoms. The van der Waals surface area contributed by atoms with Gasteiger partial charge in [0.05, 0.1) is 20.3 Å². The van der Waals surface area contributed by atoms with Gasteiger partial charge in [0.25, 0.3) is 0 Å². The van der Waals surface area contributed by atoms with E-state index in [0.717, 1.165) is 60.2 Å². The average molecular weight is 327 g/mol. The van der Waals surface area contributed by atoms with E-state index in [9.17, 15) is 0 Å². The van der Waals surface area contributed by atoms with Crippen molar-refractivity contribution in [3.05, 3.63) is 41.3 Å². The van der Waals surface area contributed by atoms with Crippen LogP contribution in [0.1, 0.15) is 42.9 Å². The van der Waals surface area contributed by atoms with Gasteiger partial charge in [-0.15, -0.1) is 0 Å². The monoisotopic (exact) mass is 327 g/mol. The number of hydrogen-bond donors (Lipinski definition) is 0. The zero-order chi connectivity index (χ0) is 17.1. The second-order valence-corrected chi connectivity index (χ2v) is 6.10. The molecule has 0 radical (unpaired) electrons. The van der Waals surface area contributed by atoms with Crippen LogP contribution in [0.4, 0.5) is 5.82 Å². The lowest BCUT2D eigenvalue weighted by atomic mass is 10.0. The molecule has 128 valence electrons. The number of rotatable bonds is 5. The summed E-state index contributed by atoms with van der Waals surface area (Å²) in [7, 11) is 3.41. The van der Waals surface area contributed by atoms with Crippen LogP contribution in [-0.4, -0.2) is 30.7 Å². The fraction of sp³-hybridized carbons (Fsp3) is 0.474. The van der Waals surface area contributed by atoms with Crippen LogP contribution in [0.2, 0.25) is 0 Å². The number of ether oxygens (including phenoxy) is 2. The van der Waals surface area contributed by atoms with Crippen molar-refractivity contribution in [3.63, 3.8) is 0 Å². The maximum atomic E-state index is 5.60. The molecule has 0 unspecified atom stereocenters. The Morgan fingerprint density at radius 2 is 2.00 bits per heavy atom. The van der Waals surface area contributed by atoms with Gasteiger partial charge in [-0.3, -0.25) is 0 Å². The fourth-order valence-corrected chi connectivity index (χ4v) is 3.38. The molecule has 5 nitrogen and oxygen atoms in total. The molecule has 1 aromatic carbocycles. The average Bonchev–Trinajstić information content (AvgIpc) is 3.10. The number of anilines is 1. The Morgan fingerprint density at radius 1 is 1.17 bits per heavy atom. The third-order valence-corrected chi connectivity index (χ3v) is 4.55. The summed E-state index contributed by atoms with van der Waals surface area (Å²) in [5, 5.41) is 0. The van der Waals surface area contributed by atoms with Crippen LogP contribution in [0, 0.1) is 6.92 Å². The summed E-state index contributed by atoms with van der Waals surface area (Å²) in [4.78, 5) is 11.6. The molecule has 5 heteroatoms. The summed E-state index contributed by atoms with van der Waals surface area (Å²) >= 11 is 0. The highest BCUT2D eigenvalue weighted by atomic mass is 16.5. The summed E-state index contributed by atoms with van der Waals surface area (Å²) in [6.07, 6.45) is 3.05. The molecular weight excluding hydrogens is 302 g/mol. The van der Waals surface area contributed by atoms with E-state index in [0.29, 0.717) is 0 Å². The van der Waals surface area contributed by atoms with Crippen molar-refractivity contribution in [2.24, 2.45) is 0 Å². The van der Waals surface area contributed by atoms with Gasteiger partial charge in [0.2, 0.25) is 0 Å². The minimum absolute atomic E-state index is 0.244. The van der Waals surface area contributed by atoms with Crippen molar-refractivity contribution in [2.75, 3.05) is 25.7 Å². The van der Waals surface area contributed by atoms with E-state index >= 15 is 0 Å². The standard InChI is InChI=1S/C19H25N3O2/c1-5-18-20-13(2)11-19(21-18)22-10-6-7-16(22)15-12-14(23-3)8-9-17(15)24-4/h8-9,11-12,16H,5-7,10H2,1-4H3/t16-/m0/s1. The van der Waals surface area contributed by atoms with Crippen molar-refractivity contribution < 1.29 is 9.47 Å². The van der Waals surface area contributed by atoms with Crippen LogP contribution in [0.25, 0.3) is 0 Å². The first-order valence-corrected chi connectivity index (χ1v) is 8.49. The molecule has 1 aromatic heterocycles. The zero-order valence-electron chi connectivity index (χ0n) is 14.9. The van der Waals surface area contributed by atoms with E-state index in [4.69, 9.17) is 14.5 Å². The van der Waals surface area contributed by atoms with Gasteiger partial charge < -0.3 is 14.4 Å². The number of aromatic nitrogens is 2. The molecule has 2 heterocycles. The van der Waals surface area contributed by atoms with Crippen LogP contribution in [0.3, 0.4) is 0 Å². The van der Waals surface area contributed by atoms with Crippen molar-refractivity contribution in [1.82, 2.24) is 9.97 Å².